The van der Waals surface area contributed by atoms with Gasteiger partial charge in [-0.2, -0.15) is 0 Å². The zero-order chi connectivity index (χ0) is 14.6. The van der Waals surface area contributed by atoms with Gasteiger partial charge in [-0.05, 0) is 56.5 Å². The lowest BCUT2D eigenvalue weighted by molar-refractivity contribution is 0.0142. The zero-order valence-electron chi connectivity index (χ0n) is 14.0. The van der Waals surface area contributed by atoms with E-state index >= 15 is 0 Å². The van der Waals surface area contributed by atoms with Crippen molar-refractivity contribution < 1.29 is 4.74 Å². The van der Waals surface area contributed by atoms with E-state index in [-0.39, 0.29) is 0 Å². The first-order valence-corrected chi connectivity index (χ1v) is 8.52. The SMILES string of the molecule is CCNC1CCC(C)(C)CC1CN1CCCC(OC)C1. The Kier molecular flexibility index (Phi) is 5.88. The summed E-state index contributed by atoms with van der Waals surface area (Å²) in [5.41, 5.74) is 0.521. The van der Waals surface area contributed by atoms with Gasteiger partial charge in [-0.25, -0.2) is 0 Å². The Labute approximate surface area is 125 Å². The molecule has 3 unspecified atom stereocenters. The van der Waals surface area contributed by atoms with Crippen LogP contribution in [0.15, 0.2) is 0 Å². The fourth-order valence-electron chi connectivity index (χ4n) is 4.16. The topological polar surface area (TPSA) is 24.5 Å². The minimum Gasteiger partial charge on any atom is -0.380 e. The summed E-state index contributed by atoms with van der Waals surface area (Å²) in [5, 5.41) is 3.73. The zero-order valence-corrected chi connectivity index (χ0v) is 14.0. The molecule has 2 aliphatic rings. The van der Waals surface area contributed by atoms with Crippen LogP contribution in [-0.4, -0.2) is 50.3 Å². The van der Waals surface area contributed by atoms with Crippen molar-refractivity contribution in [3.8, 4) is 0 Å². The lowest BCUT2D eigenvalue weighted by Crippen LogP contribution is -2.50. The van der Waals surface area contributed by atoms with Gasteiger partial charge in [0.15, 0.2) is 0 Å². The number of methoxy groups -OCH3 is 1. The lowest BCUT2D eigenvalue weighted by Gasteiger charge is -2.44. The summed E-state index contributed by atoms with van der Waals surface area (Å²) in [6.07, 6.45) is 7.05. The normalized spacial score (nSPS) is 35.1. The highest BCUT2D eigenvalue weighted by Crippen LogP contribution is 2.39. The number of nitrogens with one attached hydrogen (secondary N) is 1. The number of ether oxygens (including phenoxy) is 1. The van der Waals surface area contributed by atoms with Crippen molar-refractivity contribution in [2.45, 2.75) is 65.0 Å². The maximum atomic E-state index is 5.57. The Balaban J connectivity index is 1.92. The summed E-state index contributed by atoms with van der Waals surface area (Å²) >= 11 is 0. The summed E-state index contributed by atoms with van der Waals surface area (Å²) in [6.45, 7) is 11.9. The molecule has 1 heterocycles. The molecule has 0 spiro atoms. The molecule has 0 aromatic heterocycles. The average Bonchev–Trinajstić information content (AvgIpc) is 2.42. The Hall–Kier alpha value is -0.120. The van der Waals surface area contributed by atoms with E-state index in [9.17, 15) is 0 Å². The van der Waals surface area contributed by atoms with E-state index in [2.05, 4.69) is 31.0 Å². The molecule has 0 radical (unpaired) electrons. The summed E-state index contributed by atoms with van der Waals surface area (Å²) in [4.78, 5) is 2.65. The second-order valence-electron chi connectivity index (χ2n) is 7.59. The molecule has 118 valence electrons. The van der Waals surface area contributed by atoms with Crippen molar-refractivity contribution in [1.82, 2.24) is 10.2 Å². The Morgan fingerprint density at radius 3 is 2.80 bits per heavy atom. The van der Waals surface area contributed by atoms with Gasteiger partial charge >= 0.3 is 0 Å². The number of hydrogen-bond acceptors (Lipinski definition) is 3. The number of hydrogen-bond donors (Lipinski definition) is 1. The van der Waals surface area contributed by atoms with Gasteiger partial charge < -0.3 is 15.0 Å². The van der Waals surface area contributed by atoms with Crippen molar-refractivity contribution >= 4 is 0 Å². The van der Waals surface area contributed by atoms with Crippen LogP contribution in [0, 0.1) is 11.3 Å². The van der Waals surface area contributed by atoms with Gasteiger partial charge in [0.05, 0.1) is 6.10 Å². The molecule has 1 saturated carbocycles. The minimum atomic E-state index is 0.456. The Morgan fingerprint density at radius 2 is 2.10 bits per heavy atom. The van der Waals surface area contributed by atoms with Gasteiger partial charge in [-0.15, -0.1) is 0 Å². The van der Waals surface area contributed by atoms with Crippen molar-refractivity contribution in [3.63, 3.8) is 0 Å². The lowest BCUT2D eigenvalue weighted by atomic mass is 9.69. The minimum absolute atomic E-state index is 0.456. The molecule has 1 aliphatic carbocycles. The van der Waals surface area contributed by atoms with E-state index in [1.165, 1.54) is 45.2 Å². The van der Waals surface area contributed by atoms with Crippen LogP contribution in [0.4, 0.5) is 0 Å². The first-order chi connectivity index (χ1) is 9.54. The summed E-state index contributed by atoms with van der Waals surface area (Å²) in [7, 11) is 1.86. The third kappa shape index (κ3) is 4.44. The molecule has 1 N–H and O–H groups in total. The molecule has 1 aliphatic heterocycles. The second kappa shape index (κ2) is 7.24. The van der Waals surface area contributed by atoms with Crippen LogP contribution in [0.1, 0.15) is 52.9 Å². The molecule has 1 saturated heterocycles. The molecular weight excluding hydrogens is 248 g/mol. The van der Waals surface area contributed by atoms with Crippen molar-refractivity contribution in [1.29, 1.82) is 0 Å². The van der Waals surface area contributed by atoms with Crippen molar-refractivity contribution in [2.24, 2.45) is 11.3 Å². The molecule has 0 bridgehead atoms. The highest BCUT2D eigenvalue weighted by molar-refractivity contribution is 4.91. The molecule has 3 nitrogen and oxygen atoms in total. The average molecular weight is 282 g/mol. The van der Waals surface area contributed by atoms with Gasteiger partial charge in [0.25, 0.3) is 0 Å². The second-order valence-corrected chi connectivity index (χ2v) is 7.59. The first-order valence-electron chi connectivity index (χ1n) is 8.52. The first kappa shape index (κ1) is 16.3. The van der Waals surface area contributed by atoms with Crippen molar-refractivity contribution in [3.05, 3.63) is 0 Å². The highest BCUT2D eigenvalue weighted by atomic mass is 16.5. The Morgan fingerprint density at radius 1 is 1.30 bits per heavy atom. The Bertz CT molecular complexity index is 293. The molecule has 3 atom stereocenters. The van der Waals surface area contributed by atoms with Gasteiger partial charge in [-0.3, -0.25) is 0 Å². The van der Waals surface area contributed by atoms with Gasteiger partial charge in [0, 0.05) is 26.2 Å². The monoisotopic (exact) mass is 282 g/mol. The van der Waals surface area contributed by atoms with Gasteiger partial charge in [0.2, 0.25) is 0 Å². The van der Waals surface area contributed by atoms with Crippen LogP contribution in [0.25, 0.3) is 0 Å². The molecule has 20 heavy (non-hydrogen) atoms. The number of likely N-dealkylation sites (tertiary alicyclic amines) is 1. The third-order valence-electron chi connectivity index (χ3n) is 5.27. The molecule has 3 heteroatoms. The summed E-state index contributed by atoms with van der Waals surface area (Å²) in [5.74, 6) is 0.800. The van der Waals surface area contributed by atoms with E-state index in [4.69, 9.17) is 4.74 Å². The van der Waals surface area contributed by atoms with Crippen LogP contribution in [0.5, 0.6) is 0 Å². The number of rotatable bonds is 5. The van der Waals surface area contributed by atoms with Crippen LogP contribution in [-0.2, 0) is 4.74 Å². The summed E-state index contributed by atoms with van der Waals surface area (Å²) in [6, 6.07) is 0.718. The number of piperidine rings is 1. The molecule has 2 fully saturated rings. The summed E-state index contributed by atoms with van der Waals surface area (Å²) < 4.78 is 5.57. The molecule has 0 amide bonds. The predicted octanol–water partition coefficient (Wildman–Crippen LogP) is 2.90. The van der Waals surface area contributed by atoms with Gasteiger partial charge in [-0.1, -0.05) is 20.8 Å². The molecule has 0 aromatic carbocycles. The van der Waals surface area contributed by atoms with E-state index in [0.717, 1.165) is 25.0 Å². The number of nitrogens with zero attached hydrogens (tertiary/aromatic N) is 1. The standard InChI is InChI=1S/C17H34N2O/c1-5-18-16-8-9-17(2,3)11-14(16)12-19-10-6-7-15(13-19)20-4/h14-16,18H,5-13H2,1-4H3. The van der Waals surface area contributed by atoms with E-state index in [1.807, 2.05) is 7.11 Å². The third-order valence-corrected chi connectivity index (χ3v) is 5.27. The maximum Gasteiger partial charge on any atom is 0.0698 e. The quantitative estimate of drug-likeness (QED) is 0.839. The largest absolute Gasteiger partial charge is 0.380 e. The maximum absolute atomic E-state index is 5.57. The van der Waals surface area contributed by atoms with Crippen LogP contribution >= 0.6 is 0 Å². The molecule has 0 aromatic rings. The van der Waals surface area contributed by atoms with Crippen molar-refractivity contribution in [2.75, 3.05) is 33.3 Å². The molecule has 2 rings (SSSR count). The van der Waals surface area contributed by atoms with Crippen LogP contribution in [0.3, 0.4) is 0 Å². The molecular formula is C17H34N2O. The van der Waals surface area contributed by atoms with Crippen LogP contribution in [0.2, 0.25) is 0 Å². The van der Waals surface area contributed by atoms with Crippen LogP contribution < -0.4 is 5.32 Å². The smallest absolute Gasteiger partial charge is 0.0698 e. The fourth-order valence-corrected chi connectivity index (χ4v) is 4.16. The van der Waals surface area contributed by atoms with Gasteiger partial charge in [0.1, 0.15) is 0 Å². The highest BCUT2D eigenvalue weighted by Gasteiger charge is 2.35. The van der Waals surface area contributed by atoms with E-state index in [0.29, 0.717) is 11.5 Å². The van der Waals surface area contributed by atoms with E-state index < -0.39 is 0 Å². The fraction of sp³-hybridized carbons (Fsp3) is 1.00. The predicted molar refractivity (Wildman–Crippen MR) is 85.1 cm³/mol. The van der Waals surface area contributed by atoms with E-state index in [1.54, 1.807) is 0 Å².